The first-order valence-electron chi connectivity index (χ1n) is 8.16. The summed E-state index contributed by atoms with van der Waals surface area (Å²) in [5.74, 6) is -0.101. The second-order valence-corrected chi connectivity index (χ2v) is 7.57. The number of allylic oxidation sites excluding steroid dienone is 1. The number of hydrogen-bond donors (Lipinski definition) is 1. The molecule has 0 radical (unpaired) electrons. The fourth-order valence-corrected chi connectivity index (χ4v) is 4.31. The lowest BCUT2D eigenvalue weighted by Gasteiger charge is -2.18. The monoisotopic (exact) mass is 313 g/mol. The summed E-state index contributed by atoms with van der Waals surface area (Å²) < 4.78 is 17.4. The molecule has 4 nitrogen and oxygen atoms in total. The van der Waals surface area contributed by atoms with E-state index in [0.29, 0.717) is 18.4 Å². The Morgan fingerprint density at radius 1 is 1.10 bits per heavy atom. The van der Waals surface area contributed by atoms with Crippen LogP contribution in [0.2, 0.25) is 0 Å². The van der Waals surface area contributed by atoms with Crippen LogP contribution in [0, 0.1) is 11.8 Å². The Morgan fingerprint density at radius 3 is 2.33 bits per heavy atom. The predicted octanol–water partition coefficient (Wildman–Crippen LogP) is 4.53. The van der Waals surface area contributed by atoms with Crippen molar-refractivity contribution in [1.29, 1.82) is 0 Å². The summed E-state index contributed by atoms with van der Waals surface area (Å²) in [6.45, 7) is 0.519. The first-order valence-corrected chi connectivity index (χ1v) is 9.53. The molecule has 1 atom stereocenters. The summed E-state index contributed by atoms with van der Waals surface area (Å²) in [5, 5.41) is 9.28. The molecular formula is C16H26O4P+. The molecule has 0 aromatic carbocycles. The molecule has 0 aromatic rings. The number of carboxylic acids is 1. The highest BCUT2D eigenvalue weighted by molar-refractivity contribution is 7.39. The van der Waals surface area contributed by atoms with E-state index in [1.165, 1.54) is 32.1 Å². The molecule has 2 rings (SSSR count). The van der Waals surface area contributed by atoms with E-state index in [-0.39, 0.29) is 11.7 Å². The number of aliphatic carboxylic acids is 1. The Kier molecular flexibility index (Phi) is 6.85. The second-order valence-electron chi connectivity index (χ2n) is 6.33. The summed E-state index contributed by atoms with van der Waals surface area (Å²) >= 11 is 0. The topological polar surface area (TPSA) is 63.6 Å². The van der Waals surface area contributed by atoms with Gasteiger partial charge in [-0.25, -0.2) is 4.79 Å². The molecule has 0 amide bonds. The van der Waals surface area contributed by atoms with E-state index in [1.807, 2.05) is 6.08 Å². The van der Waals surface area contributed by atoms with Gasteiger partial charge in [0.05, 0.1) is 5.57 Å². The van der Waals surface area contributed by atoms with Crippen molar-refractivity contribution >= 4 is 14.0 Å². The molecule has 118 valence electrons. The van der Waals surface area contributed by atoms with Gasteiger partial charge in [0.25, 0.3) is 0 Å². The van der Waals surface area contributed by atoms with Gasteiger partial charge in [-0.2, -0.15) is 0 Å². The van der Waals surface area contributed by atoms with Gasteiger partial charge in [0.2, 0.25) is 6.16 Å². The van der Waals surface area contributed by atoms with Gasteiger partial charge in [0.1, 0.15) is 6.61 Å². The molecule has 2 aliphatic rings. The Bertz CT molecular complexity index is 393. The molecule has 2 saturated carbocycles. The summed E-state index contributed by atoms with van der Waals surface area (Å²) in [5.41, 5.74) is 0.273. The van der Waals surface area contributed by atoms with E-state index < -0.39 is 14.0 Å². The van der Waals surface area contributed by atoms with Crippen LogP contribution in [0.15, 0.2) is 11.6 Å². The molecule has 2 fully saturated rings. The van der Waals surface area contributed by atoms with Crippen molar-refractivity contribution in [3.05, 3.63) is 11.6 Å². The molecule has 0 heterocycles. The zero-order valence-corrected chi connectivity index (χ0v) is 13.5. The van der Waals surface area contributed by atoms with E-state index in [4.69, 9.17) is 4.52 Å². The van der Waals surface area contributed by atoms with Crippen LogP contribution in [0.1, 0.15) is 57.8 Å². The fraction of sp³-hybridized carbons (Fsp3) is 0.812. The zero-order chi connectivity index (χ0) is 15.1. The van der Waals surface area contributed by atoms with Gasteiger partial charge in [-0.15, -0.1) is 4.52 Å². The van der Waals surface area contributed by atoms with E-state index in [9.17, 15) is 14.5 Å². The van der Waals surface area contributed by atoms with E-state index in [0.717, 1.165) is 25.7 Å². The molecule has 0 bridgehead atoms. The molecule has 21 heavy (non-hydrogen) atoms. The summed E-state index contributed by atoms with van der Waals surface area (Å²) in [7, 11) is -1.89. The molecule has 0 aromatic heterocycles. The minimum Gasteiger partial charge on any atom is -0.478 e. The highest BCUT2D eigenvalue weighted by Crippen LogP contribution is 2.33. The first kappa shape index (κ1) is 16.6. The lowest BCUT2D eigenvalue weighted by atomic mass is 9.88. The van der Waals surface area contributed by atoms with Crippen LogP contribution in [0.25, 0.3) is 0 Å². The molecule has 1 N–H and O–H groups in total. The SMILES string of the molecule is O=C(O)C(=CC1CCCCC1)C[P+](=O)OCC1CCCC1. The number of carbonyl (C=O) groups is 1. The van der Waals surface area contributed by atoms with E-state index >= 15 is 0 Å². The van der Waals surface area contributed by atoms with Crippen LogP contribution >= 0.6 is 8.03 Å². The molecule has 1 unspecified atom stereocenters. The Labute approximate surface area is 127 Å². The van der Waals surface area contributed by atoms with E-state index in [2.05, 4.69) is 0 Å². The second kappa shape index (κ2) is 8.65. The van der Waals surface area contributed by atoms with Crippen LogP contribution in [0.4, 0.5) is 0 Å². The summed E-state index contributed by atoms with van der Waals surface area (Å²) in [6.07, 6.45) is 12.3. The van der Waals surface area contributed by atoms with Gasteiger partial charge in [-0.3, -0.25) is 0 Å². The maximum Gasteiger partial charge on any atom is 0.513 e. The van der Waals surface area contributed by atoms with Gasteiger partial charge < -0.3 is 5.11 Å². The molecule has 0 saturated heterocycles. The van der Waals surface area contributed by atoms with Crippen molar-refractivity contribution in [2.45, 2.75) is 57.8 Å². The average Bonchev–Trinajstić information content (AvgIpc) is 2.99. The van der Waals surface area contributed by atoms with Crippen molar-refractivity contribution in [2.75, 3.05) is 12.8 Å². The summed E-state index contributed by atoms with van der Waals surface area (Å²) in [6, 6.07) is 0. The first-order chi connectivity index (χ1) is 10.1. The normalized spacial score (nSPS) is 22.5. The van der Waals surface area contributed by atoms with Crippen LogP contribution in [-0.4, -0.2) is 23.8 Å². The minimum atomic E-state index is -1.89. The van der Waals surface area contributed by atoms with Gasteiger partial charge in [0.15, 0.2) is 0 Å². The van der Waals surface area contributed by atoms with Gasteiger partial charge in [0, 0.05) is 0 Å². The van der Waals surface area contributed by atoms with Crippen LogP contribution < -0.4 is 0 Å². The van der Waals surface area contributed by atoms with Crippen molar-refractivity contribution in [3.63, 3.8) is 0 Å². The van der Waals surface area contributed by atoms with Gasteiger partial charge in [-0.1, -0.05) is 38.2 Å². The third-order valence-corrected chi connectivity index (χ3v) is 5.63. The average molecular weight is 313 g/mol. The smallest absolute Gasteiger partial charge is 0.478 e. The maximum absolute atomic E-state index is 12.0. The zero-order valence-electron chi connectivity index (χ0n) is 12.6. The number of hydrogen-bond acceptors (Lipinski definition) is 3. The van der Waals surface area contributed by atoms with Crippen LogP contribution in [-0.2, 0) is 13.9 Å². The third kappa shape index (κ3) is 5.88. The lowest BCUT2D eigenvalue weighted by Crippen LogP contribution is -2.10. The lowest BCUT2D eigenvalue weighted by molar-refractivity contribution is -0.132. The predicted molar refractivity (Wildman–Crippen MR) is 82.7 cm³/mol. The molecule has 0 aliphatic heterocycles. The number of carboxylic acid groups (broad SMARTS) is 1. The quantitative estimate of drug-likeness (QED) is 0.554. The molecule has 0 spiro atoms. The van der Waals surface area contributed by atoms with Gasteiger partial charge in [-0.05, 0) is 42.1 Å². The molecule has 5 heteroatoms. The van der Waals surface area contributed by atoms with Crippen LogP contribution in [0.3, 0.4) is 0 Å². The fourth-order valence-electron chi connectivity index (χ4n) is 3.33. The van der Waals surface area contributed by atoms with Crippen molar-refractivity contribution in [3.8, 4) is 0 Å². The van der Waals surface area contributed by atoms with E-state index in [1.54, 1.807) is 0 Å². The van der Waals surface area contributed by atoms with Crippen LogP contribution in [0.5, 0.6) is 0 Å². The van der Waals surface area contributed by atoms with Crippen molar-refractivity contribution in [1.82, 2.24) is 0 Å². The third-order valence-electron chi connectivity index (χ3n) is 4.59. The standard InChI is InChI=1S/C16H25O4P/c17-16(18)15(10-13-6-2-1-3-7-13)12-21(19)20-11-14-8-4-5-9-14/h10,13-14H,1-9,11-12H2/p+1. The highest BCUT2D eigenvalue weighted by atomic mass is 31.1. The van der Waals surface area contributed by atoms with Crippen molar-refractivity contribution < 1.29 is 19.0 Å². The molecular weight excluding hydrogens is 287 g/mol. The Hall–Kier alpha value is -0.730. The van der Waals surface area contributed by atoms with Gasteiger partial charge >= 0.3 is 14.0 Å². The largest absolute Gasteiger partial charge is 0.513 e. The molecule has 2 aliphatic carbocycles. The number of rotatable bonds is 7. The Morgan fingerprint density at radius 2 is 1.71 bits per heavy atom. The highest BCUT2D eigenvalue weighted by Gasteiger charge is 2.28. The summed E-state index contributed by atoms with van der Waals surface area (Å²) in [4.78, 5) is 11.3. The maximum atomic E-state index is 12.0. The van der Waals surface area contributed by atoms with Crippen molar-refractivity contribution in [2.24, 2.45) is 11.8 Å². The Balaban J connectivity index is 1.81. The minimum absolute atomic E-state index is 0.0495.